The third kappa shape index (κ3) is 3.44. The van der Waals surface area contributed by atoms with Crippen LogP contribution in [0.1, 0.15) is 54.2 Å². The van der Waals surface area contributed by atoms with Gasteiger partial charge in [0.1, 0.15) is 5.82 Å². The second-order valence-corrected chi connectivity index (χ2v) is 8.36. The molecule has 1 aromatic heterocycles. The van der Waals surface area contributed by atoms with Crippen molar-refractivity contribution in [1.29, 1.82) is 0 Å². The highest BCUT2D eigenvalue weighted by Gasteiger charge is 2.48. The van der Waals surface area contributed by atoms with E-state index >= 15 is 0 Å². The third-order valence-corrected chi connectivity index (χ3v) is 6.56. The van der Waals surface area contributed by atoms with Crippen molar-refractivity contribution in [1.82, 2.24) is 14.8 Å². The maximum atomic E-state index is 14.0. The maximum absolute atomic E-state index is 14.0. The number of hydrogen-bond acceptors (Lipinski definition) is 3. The van der Waals surface area contributed by atoms with Gasteiger partial charge >= 0.3 is 0 Å². The van der Waals surface area contributed by atoms with Gasteiger partial charge in [-0.25, -0.2) is 4.39 Å². The first-order valence-corrected chi connectivity index (χ1v) is 10.2. The van der Waals surface area contributed by atoms with Crippen LogP contribution < -0.4 is 0 Å². The van der Waals surface area contributed by atoms with Crippen molar-refractivity contribution in [2.24, 2.45) is 0 Å². The van der Waals surface area contributed by atoms with E-state index in [1.165, 1.54) is 6.07 Å². The lowest BCUT2D eigenvalue weighted by molar-refractivity contribution is -0.0346. The number of rotatable bonds is 3. The third-order valence-electron chi connectivity index (χ3n) is 6.56. The van der Waals surface area contributed by atoms with Gasteiger partial charge in [-0.05, 0) is 70.0 Å². The highest BCUT2D eigenvalue weighted by molar-refractivity contribution is 5.95. The standard InChI is InChI=1S/C23H28FN3O/c1-23-11-6-13-26(2)21(23)9-5-14-27(23)22(28)18-10-12-25-19(16-18)15-17-7-3-4-8-20(17)24/h3-4,7-8,10,12,16,21H,5-6,9,11,13-15H2,1-2H3/t21-,23-/m0/s1. The molecule has 4 rings (SSSR count). The van der Waals surface area contributed by atoms with Crippen molar-refractivity contribution in [3.05, 3.63) is 65.2 Å². The number of aromatic nitrogens is 1. The summed E-state index contributed by atoms with van der Waals surface area (Å²) in [5, 5.41) is 0. The van der Waals surface area contributed by atoms with E-state index < -0.39 is 0 Å². The van der Waals surface area contributed by atoms with Crippen molar-refractivity contribution >= 4 is 5.91 Å². The number of likely N-dealkylation sites (tertiary alicyclic amines) is 2. The molecule has 0 spiro atoms. The quantitative estimate of drug-likeness (QED) is 0.809. The largest absolute Gasteiger partial charge is 0.332 e. The highest BCUT2D eigenvalue weighted by Crippen LogP contribution is 2.39. The van der Waals surface area contributed by atoms with Crippen LogP contribution >= 0.6 is 0 Å². The molecule has 1 amide bonds. The summed E-state index contributed by atoms with van der Waals surface area (Å²) in [6, 6.07) is 10.8. The Labute approximate surface area is 166 Å². The average molecular weight is 381 g/mol. The summed E-state index contributed by atoms with van der Waals surface area (Å²) in [6.07, 6.45) is 6.38. The minimum Gasteiger partial charge on any atom is -0.332 e. The van der Waals surface area contributed by atoms with Crippen molar-refractivity contribution in [3.63, 3.8) is 0 Å². The molecule has 4 nitrogen and oxygen atoms in total. The van der Waals surface area contributed by atoms with E-state index in [-0.39, 0.29) is 17.3 Å². The fourth-order valence-corrected chi connectivity index (χ4v) is 5.06. The van der Waals surface area contributed by atoms with Gasteiger partial charge in [-0.2, -0.15) is 0 Å². The number of benzene rings is 1. The predicted molar refractivity (Wildman–Crippen MR) is 108 cm³/mol. The Morgan fingerprint density at radius 2 is 2.07 bits per heavy atom. The van der Waals surface area contributed by atoms with E-state index in [0.29, 0.717) is 23.6 Å². The molecule has 2 aliphatic rings. The lowest BCUT2D eigenvalue weighted by atomic mass is 9.76. The molecule has 0 N–H and O–H groups in total. The van der Waals surface area contributed by atoms with Crippen LogP contribution in [0.5, 0.6) is 0 Å². The molecule has 3 heterocycles. The molecule has 28 heavy (non-hydrogen) atoms. The lowest BCUT2D eigenvalue weighted by Crippen LogP contribution is -2.66. The summed E-state index contributed by atoms with van der Waals surface area (Å²) in [7, 11) is 2.18. The van der Waals surface area contributed by atoms with Crippen LogP contribution in [-0.2, 0) is 6.42 Å². The number of fused-ring (bicyclic) bond motifs is 1. The molecule has 0 radical (unpaired) electrons. The van der Waals surface area contributed by atoms with Crippen LogP contribution in [0.15, 0.2) is 42.6 Å². The average Bonchev–Trinajstić information content (AvgIpc) is 2.69. The Balaban J connectivity index is 1.59. The van der Waals surface area contributed by atoms with Crippen molar-refractivity contribution < 1.29 is 9.18 Å². The number of halogens is 1. The van der Waals surface area contributed by atoms with Gasteiger partial charge in [0.05, 0.1) is 5.54 Å². The Morgan fingerprint density at radius 1 is 1.25 bits per heavy atom. The van der Waals surface area contributed by atoms with E-state index in [4.69, 9.17) is 0 Å². The minimum absolute atomic E-state index is 0.0692. The molecule has 5 heteroatoms. The molecule has 0 unspecified atom stereocenters. The predicted octanol–water partition coefficient (Wildman–Crippen LogP) is 3.90. The zero-order valence-corrected chi connectivity index (χ0v) is 16.7. The fourth-order valence-electron chi connectivity index (χ4n) is 5.06. The van der Waals surface area contributed by atoms with Gasteiger partial charge in [0.25, 0.3) is 5.91 Å². The molecule has 2 atom stereocenters. The van der Waals surface area contributed by atoms with E-state index in [2.05, 4.69) is 28.8 Å². The Kier molecular flexibility index (Phi) is 5.19. The van der Waals surface area contributed by atoms with E-state index in [1.807, 2.05) is 12.1 Å². The zero-order valence-electron chi connectivity index (χ0n) is 16.7. The summed E-state index contributed by atoms with van der Waals surface area (Å²) < 4.78 is 14.0. The smallest absolute Gasteiger partial charge is 0.254 e. The molecule has 2 aliphatic heterocycles. The van der Waals surface area contributed by atoms with Gasteiger partial charge in [-0.1, -0.05) is 18.2 Å². The van der Waals surface area contributed by atoms with Crippen LogP contribution in [0, 0.1) is 5.82 Å². The van der Waals surface area contributed by atoms with E-state index in [0.717, 1.165) is 44.5 Å². The number of hydrogen-bond donors (Lipinski definition) is 0. The summed E-state index contributed by atoms with van der Waals surface area (Å²) in [5.74, 6) is -0.169. The first kappa shape index (κ1) is 19.1. The number of amides is 1. The topological polar surface area (TPSA) is 36.4 Å². The molecule has 2 saturated heterocycles. The van der Waals surface area contributed by atoms with Crippen molar-refractivity contribution in [2.75, 3.05) is 20.1 Å². The fraction of sp³-hybridized carbons (Fsp3) is 0.478. The van der Waals surface area contributed by atoms with E-state index in [9.17, 15) is 9.18 Å². The number of piperidine rings is 2. The lowest BCUT2D eigenvalue weighted by Gasteiger charge is -2.56. The normalized spacial score (nSPS) is 25.4. The Bertz CT molecular complexity index is 870. The van der Waals surface area contributed by atoms with Crippen LogP contribution in [0.2, 0.25) is 0 Å². The maximum Gasteiger partial charge on any atom is 0.254 e. The van der Waals surface area contributed by atoms with Crippen molar-refractivity contribution in [2.45, 2.75) is 50.6 Å². The number of carbonyl (C=O) groups excluding carboxylic acids is 1. The number of carbonyl (C=O) groups is 1. The second kappa shape index (κ2) is 7.63. The van der Waals surface area contributed by atoms with E-state index in [1.54, 1.807) is 24.4 Å². The summed E-state index contributed by atoms with van der Waals surface area (Å²) in [5.41, 5.74) is 1.84. The molecule has 0 aliphatic carbocycles. The van der Waals surface area contributed by atoms with Crippen molar-refractivity contribution in [3.8, 4) is 0 Å². The van der Waals surface area contributed by atoms with Gasteiger partial charge in [-0.15, -0.1) is 0 Å². The van der Waals surface area contributed by atoms with Gasteiger partial charge in [0, 0.05) is 36.5 Å². The molecular formula is C23H28FN3O. The monoisotopic (exact) mass is 381 g/mol. The molecule has 0 bridgehead atoms. The first-order valence-electron chi connectivity index (χ1n) is 10.2. The molecule has 2 aromatic rings. The Hall–Kier alpha value is -2.27. The van der Waals surface area contributed by atoms with Crippen LogP contribution in [0.3, 0.4) is 0 Å². The zero-order chi connectivity index (χ0) is 19.7. The van der Waals surface area contributed by atoms with Crippen LogP contribution in [-0.4, -0.2) is 52.4 Å². The molecule has 2 fully saturated rings. The summed E-state index contributed by atoms with van der Waals surface area (Å²) in [4.78, 5) is 22.3. The van der Waals surface area contributed by atoms with Gasteiger partial charge < -0.3 is 9.80 Å². The summed E-state index contributed by atoms with van der Waals surface area (Å²) in [6.45, 7) is 4.14. The van der Waals surface area contributed by atoms with Crippen LogP contribution in [0.4, 0.5) is 4.39 Å². The van der Waals surface area contributed by atoms with Gasteiger partial charge in [0.2, 0.25) is 0 Å². The van der Waals surface area contributed by atoms with Gasteiger partial charge in [0.15, 0.2) is 0 Å². The van der Waals surface area contributed by atoms with Crippen LogP contribution in [0.25, 0.3) is 0 Å². The molecular weight excluding hydrogens is 353 g/mol. The molecule has 1 aromatic carbocycles. The number of nitrogens with zero attached hydrogens (tertiary/aromatic N) is 3. The summed E-state index contributed by atoms with van der Waals surface area (Å²) >= 11 is 0. The number of pyridine rings is 1. The second-order valence-electron chi connectivity index (χ2n) is 8.36. The van der Waals surface area contributed by atoms with Gasteiger partial charge in [-0.3, -0.25) is 9.78 Å². The molecule has 0 saturated carbocycles. The number of likely N-dealkylation sites (N-methyl/N-ethyl adjacent to an activating group) is 1. The first-order chi connectivity index (χ1) is 13.5. The Morgan fingerprint density at radius 3 is 2.89 bits per heavy atom. The SMILES string of the molecule is CN1CCC[C@@]2(C)[C@@H]1CCCN2C(=O)c1ccnc(Cc2ccccc2F)c1. The highest BCUT2D eigenvalue weighted by atomic mass is 19.1. The minimum atomic E-state index is -0.238. The molecule has 148 valence electrons.